The van der Waals surface area contributed by atoms with Crippen LogP contribution in [0.2, 0.25) is 0 Å². The van der Waals surface area contributed by atoms with Crippen molar-refractivity contribution in [3.8, 4) is 33.4 Å². The van der Waals surface area contributed by atoms with Gasteiger partial charge in [-0.05, 0) is 81.2 Å². The van der Waals surface area contributed by atoms with E-state index >= 15 is 0 Å². The zero-order chi connectivity index (χ0) is 37.5. The molecule has 3 heteroatoms. The van der Waals surface area contributed by atoms with Crippen molar-refractivity contribution < 1.29 is 0 Å². The lowest BCUT2D eigenvalue weighted by atomic mass is 9.97. The van der Waals surface area contributed by atoms with Crippen LogP contribution in [0.1, 0.15) is 11.1 Å². The molecule has 0 heterocycles. The minimum Gasteiger partial charge on any atom is -0.311 e. The Bertz CT molecular complexity index is 2580. The standard InChI is InChI=1S/C53H39N3/c1-5-15-39(16-6-1)41-25-31-46(32-26-41)56(47-33-27-42(28-34-47)40-17-7-2-8-18-40)48-35-29-43(30-36-48)49-37-38-52(51-24-14-13-23-50(49)51)54-55-53(44-19-9-3-10-20-44)45-21-11-4-12-22-45/h1-38,54H. The summed E-state index contributed by atoms with van der Waals surface area (Å²) in [6.07, 6.45) is 0. The highest BCUT2D eigenvalue weighted by atomic mass is 15.3. The van der Waals surface area contributed by atoms with Crippen LogP contribution in [0, 0.1) is 0 Å². The molecule has 0 unspecified atom stereocenters. The molecule has 0 atom stereocenters. The predicted molar refractivity (Wildman–Crippen MR) is 237 cm³/mol. The molecule has 266 valence electrons. The fourth-order valence-electron chi connectivity index (χ4n) is 7.36. The lowest BCUT2D eigenvalue weighted by molar-refractivity contribution is 1.28. The average Bonchev–Trinajstić information content (AvgIpc) is 3.29. The monoisotopic (exact) mass is 717 g/mol. The molecule has 0 fully saturated rings. The van der Waals surface area contributed by atoms with Crippen molar-refractivity contribution in [2.24, 2.45) is 5.10 Å². The summed E-state index contributed by atoms with van der Waals surface area (Å²) in [4.78, 5) is 2.33. The molecule has 9 aromatic carbocycles. The number of anilines is 4. The first kappa shape index (κ1) is 34.3. The fourth-order valence-corrected chi connectivity index (χ4v) is 7.36. The molecule has 0 aliphatic heterocycles. The largest absolute Gasteiger partial charge is 0.311 e. The van der Waals surface area contributed by atoms with Crippen molar-refractivity contribution in [3.05, 3.63) is 242 Å². The first-order valence-electron chi connectivity index (χ1n) is 19.0. The van der Waals surface area contributed by atoms with Crippen molar-refractivity contribution >= 4 is 39.2 Å². The van der Waals surface area contributed by atoms with Crippen LogP contribution >= 0.6 is 0 Å². The van der Waals surface area contributed by atoms with Gasteiger partial charge >= 0.3 is 0 Å². The third kappa shape index (κ3) is 7.22. The van der Waals surface area contributed by atoms with Gasteiger partial charge in [-0.25, -0.2) is 0 Å². The number of fused-ring (bicyclic) bond motifs is 1. The highest BCUT2D eigenvalue weighted by Crippen LogP contribution is 2.39. The molecular formula is C53H39N3. The van der Waals surface area contributed by atoms with Gasteiger partial charge in [0.2, 0.25) is 0 Å². The van der Waals surface area contributed by atoms with Crippen molar-refractivity contribution in [2.75, 3.05) is 10.3 Å². The zero-order valence-corrected chi connectivity index (χ0v) is 30.8. The van der Waals surface area contributed by atoms with Crippen molar-refractivity contribution in [1.82, 2.24) is 0 Å². The van der Waals surface area contributed by atoms with E-state index in [9.17, 15) is 0 Å². The van der Waals surface area contributed by atoms with Crippen LogP contribution in [0.5, 0.6) is 0 Å². The summed E-state index contributed by atoms with van der Waals surface area (Å²) in [5.41, 5.74) is 17.8. The molecule has 0 aromatic heterocycles. The van der Waals surface area contributed by atoms with E-state index in [-0.39, 0.29) is 0 Å². The highest BCUT2D eigenvalue weighted by Gasteiger charge is 2.15. The third-order valence-electron chi connectivity index (χ3n) is 10.2. The molecule has 9 aromatic rings. The normalized spacial score (nSPS) is 10.9. The molecule has 0 bridgehead atoms. The van der Waals surface area contributed by atoms with Crippen molar-refractivity contribution in [1.29, 1.82) is 0 Å². The molecular weight excluding hydrogens is 679 g/mol. The Balaban J connectivity index is 1.06. The molecule has 0 aliphatic rings. The summed E-state index contributed by atoms with van der Waals surface area (Å²) in [6, 6.07) is 81.2. The first-order valence-corrected chi connectivity index (χ1v) is 19.0. The Labute approximate surface area is 328 Å². The van der Waals surface area contributed by atoms with Gasteiger partial charge in [-0.15, -0.1) is 0 Å². The Kier molecular flexibility index (Phi) is 9.71. The van der Waals surface area contributed by atoms with Gasteiger partial charge in [0.25, 0.3) is 0 Å². The van der Waals surface area contributed by atoms with Gasteiger partial charge in [0, 0.05) is 33.6 Å². The zero-order valence-electron chi connectivity index (χ0n) is 30.8. The molecule has 0 radical (unpaired) electrons. The maximum Gasteiger partial charge on any atom is 0.0977 e. The molecule has 3 nitrogen and oxygen atoms in total. The molecule has 0 saturated carbocycles. The van der Waals surface area contributed by atoms with Crippen LogP contribution in [0.3, 0.4) is 0 Å². The van der Waals surface area contributed by atoms with Gasteiger partial charge in [0.05, 0.1) is 11.4 Å². The number of hydrogen-bond donors (Lipinski definition) is 1. The fraction of sp³-hybridized carbons (Fsp3) is 0. The van der Waals surface area contributed by atoms with E-state index in [0.717, 1.165) is 55.9 Å². The summed E-state index contributed by atoms with van der Waals surface area (Å²) in [7, 11) is 0. The number of rotatable bonds is 10. The van der Waals surface area contributed by atoms with Crippen LogP contribution in [0.4, 0.5) is 22.7 Å². The van der Waals surface area contributed by atoms with Gasteiger partial charge in [-0.2, -0.15) is 5.10 Å². The van der Waals surface area contributed by atoms with E-state index in [1.807, 2.05) is 36.4 Å². The average molecular weight is 718 g/mol. The topological polar surface area (TPSA) is 27.6 Å². The van der Waals surface area contributed by atoms with Gasteiger partial charge in [-0.3, -0.25) is 5.43 Å². The maximum atomic E-state index is 4.98. The molecule has 9 rings (SSSR count). The molecule has 0 amide bonds. The summed E-state index contributed by atoms with van der Waals surface area (Å²) in [5.74, 6) is 0. The lowest BCUT2D eigenvalue weighted by Gasteiger charge is -2.26. The number of hydrogen-bond acceptors (Lipinski definition) is 3. The van der Waals surface area contributed by atoms with Crippen molar-refractivity contribution in [3.63, 3.8) is 0 Å². The maximum absolute atomic E-state index is 4.98. The van der Waals surface area contributed by atoms with Gasteiger partial charge in [0.1, 0.15) is 0 Å². The van der Waals surface area contributed by atoms with Gasteiger partial charge in [0.15, 0.2) is 0 Å². The van der Waals surface area contributed by atoms with E-state index in [4.69, 9.17) is 5.10 Å². The van der Waals surface area contributed by atoms with E-state index in [2.05, 4.69) is 204 Å². The Morgan fingerprint density at radius 3 is 1.16 bits per heavy atom. The third-order valence-corrected chi connectivity index (χ3v) is 10.2. The lowest BCUT2D eigenvalue weighted by Crippen LogP contribution is -2.09. The van der Waals surface area contributed by atoms with Crippen LogP contribution in [0.25, 0.3) is 44.2 Å². The number of hydrazone groups is 1. The molecule has 0 aliphatic carbocycles. The number of nitrogens with zero attached hydrogens (tertiary/aromatic N) is 2. The van der Waals surface area contributed by atoms with Gasteiger partial charge < -0.3 is 4.90 Å². The quantitative estimate of drug-likeness (QED) is 0.113. The van der Waals surface area contributed by atoms with Crippen molar-refractivity contribution in [2.45, 2.75) is 0 Å². The molecule has 1 N–H and O–H groups in total. The Morgan fingerprint density at radius 2 is 0.696 bits per heavy atom. The second-order valence-electron chi connectivity index (χ2n) is 13.7. The highest BCUT2D eigenvalue weighted by molar-refractivity contribution is 6.13. The summed E-state index contributed by atoms with van der Waals surface area (Å²) in [6.45, 7) is 0. The van der Waals surface area contributed by atoms with E-state index in [0.29, 0.717) is 0 Å². The van der Waals surface area contributed by atoms with E-state index in [1.54, 1.807) is 0 Å². The van der Waals surface area contributed by atoms with E-state index < -0.39 is 0 Å². The Hall–Kier alpha value is -7.49. The minimum atomic E-state index is 0.893. The Morgan fingerprint density at radius 1 is 0.321 bits per heavy atom. The summed E-state index contributed by atoms with van der Waals surface area (Å²) < 4.78 is 0. The first-order chi connectivity index (χ1) is 27.8. The summed E-state index contributed by atoms with van der Waals surface area (Å²) in [5, 5.41) is 7.25. The molecule has 0 saturated heterocycles. The van der Waals surface area contributed by atoms with Crippen LogP contribution in [-0.4, -0.2) is 5.71 Å². The smallest absolute Gasteiger partial charge is 0.0977 e. The summed E-state index contributed by atoms with van der Waals surface area (Å²) >= 11 is 0. The SMILES string of the molecule is c1ccc(C(=NNc2ccc(-c3ccc(N(c4ccc(-c5ccccc5)cc4)c4ccc(-c5ccccc5)cc4)cc3)c3ccccc23)c2ccccc2)cc1. The second kappa shape index (κ2) is 15.9. The number of benzene rings is 9. The second-order valence-corrected chi connectivity index (χ2v) is 13.7. The number of nitrogens with one attached hydrogen (secondary N) is 1. The van der Waals surface area contributed by atoms with Crippen LogP contribution in [-0.2, 0) is 0 Å². The van der Waals surface area contributed by atoms with Crippen LogP contribution < -0.4 is 10.3 Å². The minimum absolute atomic E-state index is 0.893. The van der Waals surface area contributed by atoms with Gasteiger partial charge in [-0.1, -0.05) is 188 Å². The van der Waals surface area contributed by atoms with Crippen LogP contribution in [0.15, 0.2) is 236 Å². The predicted octanol–water partition coefficient (Wildman–Crippen LogP) is 14.2. The molecule has 0 spiro atoms. The van der Waals surface area contributed by atoms with E-state index in [1.165, 1.54) is 27.8 Å². The molecule has 56 heavy (non-hydrogen) atoms.